The molecule has 0 aliphatic heterocycles. The summed E-state index contributed by atoms with van der Waals surface area (Å²) < 4.78 is 1.45. The van der Waals surface area contributed by atoms with E-state index in [1.54, 1.807) is 12.1 Å². The van der Waals surface area contributed by atoms with Crippen LogP contribution in [0.1, 0.15) is 15.9 Å². The third kappa shape index (κ3) is 1.85. The third-order valence-corrected chi connectivity index (χ3v) is 2.95. The smallest absolute Gasteiger partial charge is 0.254 e. The first-order chi connectivity index (χ1) is 8.02. The number of halogens is 1. The molecule has 1 aromatic carbocycles. The zero-order chi connectivity index (χ0) is 12.6. The number of amides is 1. The average Bonchev–Trinajstić information content (AvgIpc) is 2.64. The Balaban J connectivity index is 2.62. The molecule has 0 aliphatic carbocycles. The monoisotopic (exact) mass is 250 g/mol. The first-order valence-corrected chi connectivity index (χ1v) is 5.29. The molecule has 88 valence electrons. The van der Waals surface area contributed by atoms with E-state index in [1.165, 1.54) is 10.9 Å². The second-order valence-electron chi connectivity index (χ2n) is 3.60. The lowest BCUT2D eigenvalue weighted by Gasteiger charge is -2.09. The van der Waals surface area contributed by atoms with E-state index in [2.05, 4.69) is 5.10 Å². The lowest BCUT2D eigenvalue weighted by molar-refractivity contribution is 0.100. The molecule has 2 rings (SSSR count). The van der Waals surface area contributed by atoms with Crippen molar-refractivity contribution in [2.24, 2.45) is 5.73 Å². The summed E-state index contributed by atoms with van der Waals surface area (Å²) in [7, 11) is 0. The van der Waals surface area contributed by atoms with E-state index in [9.17, 15) is 4.79 Å². The van der Waals surface area contributed by atoms with Crippen molar-refractivity contribution in [1.29, 1.82) is 0 Å². The Morgan fingerprint density at radius 1 is 1.47 bits per heavy atom. The summed E-state index contributed by atoms with van der Waals surface area (Å²) in [6.07, 6.45) is 1.35. The summed E-state index contributed by atoms with van der Waals surface area (Å²) in [5, 5.41) is 4.65. The van der Waals surface area contributed by atoms with Crippen molar-refractivity contribution in [3.05, 3.63) is 40.5 Å². The summed E-state index contributed by atoms with van der Waals surface area (Å²) in [6, 6.07) is 5.38. The maximum atomic E-state index is 11.1. The number of carbonyl (C=O) groups excluding carboxylic acids is 1. The molecule has 0 unspecified atom stereocenters. The van der Waals surface area contributed by atoms with Crippen LogP contribution in [0.15, 0.2) is 24.4 Å². The lowest BCUT2D eigenvalue weighted by atomic mass is 10.2. The van der Waals surface area contributed by atoms with Gasteiger partial charge in [-0.15, -0.1) is 0 Å². The zero-order valence-corrected chi connectivity index (χ0v) is 9.90. The molecule has 0 fully saturated rings. The summed E-state index contributed by atoms with van der Waals surface area (Å²) in [6.45, 7) is 1.85. The lowest BCUT2D eigenvalue weighted by Crippen LogP contribution is -2.13. The Hall–Kier alpha value is -2.01. The molecule has 4 N–H and O–H groups in total. The minimum absolute atomic E-state index is 0.198. The Kier molecular flexibility index (Phi) is 2.77. The van der Waals surface area contributed by atoms with Gasteiger partial charge in [-0.2, -0.15) is 5.10 Å². The number of carbonyl (C=O) groups is 1. The van der Waals surface area contributed by atoms with E-state index in [4.69, 9.17) is 23.1 Å². The number of hydrogen-bond donors (Lipinski definition) is 2. The molecule has 17 heavy (non-hydrogen) atoms. The highest BCUT2D eigenvalue weighted by Gasteiger charge is 2.15. The van der Waals surface area contributed by atoms with Crippen LogP contribution < -0.4 is 11.5 Å². The van der Waals surface area contributed by atoms with Gasteiger partial charge < -0.3 is 11.5 Å². The van der Waals surface area contributed by atoms with Crippen LogP contribution in [-0.4, -0.2) is 15.7 Å². The molecule has 0 spiro atoms. The molecule has 1 heterocycles. The average molecular weight is 251 g/mol. The molecule has 0 radical (unpaired) electrons. The van der Waals surface area contributed by atoms with Crippen molar-refractivity contribution in [3.63, 3.8) is 0 Å². The number of benzene rings is 1. The second kappa shape index (κ2) is 4.10. The number of rotatable bonds is 2. The fourth-order valence-electron chi connectivity index (χ4n) is 1.57. The number of hydrogen-bond acceptors (Lipinski definition) is 3. The normalized spacial score (nSPS) is 10.5. The first kappa shape index (κ1) is 11.5. The van der Waals surface area contributed by atoms with Crippen LogP contribution in [-0.2, 0) is 0 Å². The Labute approximate surface area is 103 Å². The van der Waals surface area contributed by atoms with Gasteiger partial charge in [0.15, 0.2) is 0 Å². The minimum atomic E-state index is -0.603. The highest BCUT2D eigenvalue weighted by atomic mass is 35.5. The largest absolute Gasteiger partial charge is 0.383 e. The van der Waals surface area contributed by atoms with E-state index < -0.39 is 5.91 Å². The van der Waals surface area contributed by atoms with Crippen molar-refractivity contribution in [3.8, 4) is 5.69 Å². The predicted molar refractivity (Wildman–Crippen MR) is 66.2 cm³/mol. The number of aromatic nitrogens is 2. The molecular formula is C11H11ClN4O. The molecule has 1 aromatic heterocycles. The molecule has 0 saturated carbocycles. The topological polar surface area (TPSA) is 86.9 Å². The fraction of sp³-hybridized carbons (Fsp3) is 0.0909. The van der Waals surface area contributed by atoms with Gasteiger partial charge in [0.25, 0.3) is 5.91 Å². The van der Waals surface area contributed by atoms with Crippen LogP contribution in [0.25, 0.3) is 5.69 Å². The molecular weight excluding hydrogens is 240 g/mol. The van der Waals surface area contributed by atoms with Gasteiger partial charge in [-0.3, -0.25) is 4.79 Å². The van der Waals surface area contributed by atoms with Gasteiger partial charge in [-0.25, -0.2) is 4.68 Å². The van der Waals surface area contributed by atoms with Crippen LogP contribution in [0.2, 0.25) is 5.02 Å². The number of anilines is 1. The molecule has 6 heteroatoms. The van der Waals surface area contributed by atoms with Crippen LogP contribution in [0.5, 0.6) is 0 Å². The Morgan fingerprint density at radius 3 is 2.76 bits per heavy atom. The van der Waals surface area contributed by atoms with Crippen molar-refractivity contribution in [1.82, 2.24) is 9.78 Å². The number of nitrogens with zero attached hydrogens (tertiary/aromatic N) is 2. The fourth-order valence-corrected chi connectivity index (χ4v) is 1.73. The highest BCUT2D eigenvalue weighted by Crippen LogP contribution is 2.24. The summed E-state index contributed by atoms with van der Waals surface area (Å²) in [4.78, 5) is 11.1. The van der Waals surface area contributed by atoms with Crippen molar-refractivity contribution in [2.75, 3.05) is 5.73 Å². The first-order valence-electron chi connectivity index (χ1n) is 4.91. The van der Waals surface area contributed by atoms with Crippen molar-refractivity contribution >= 4 is 23.3 Å². The summed E-state index contributed by atoms with van der Waals surface area (Å²) in [5.74, 6) is -0.392. The summed E-state index contributed by atoms with van der Waals surface area (Å²) in [5.41, 5.74) is 12.7. The quantitative estimate of drug-likeness (QED) is 0.847. The van der Waals surface area contributed by atoms with E-state index in [0.29, 0.717) is 5.02 Å². The molecule has 0 aliphatic rings. The van der Waals surface area contributed by atoms with Crippen LogP contribution in [0.4, 0.5) is 5.82 Å². The predicted octanol–water partition coefficient (Wildman–Crippen LogP) is 1.52. The van der Waals surface area contributed by atoms with Gasteiger partial charge in [-0.05, 0) is 24.6 Å². The maximum Gasteiger partial charge on any atom is 0.254 e. The molecule has 2 aromatic rings. The van der Waals surface area contributed by atoms with Gasteiger partial charge in [0.1, 0.15) is 11.4 Å². The molecule has 0 saturated heterocycles. The van der Waals surface area contributed by atoms with Crippen molar-refractivity contribution in [2.45, 2.75) is 6.92 Å². The van der Waals surface area contributed by atoms with E-state index in [-0.39, 0.29) is 11.4 Å². The van der Waals surface area contributed by atoms with Crippen LogP contribution in [0.3, 0.4) is 0 Å². The Bertz CT molecular complexity index is 591. The minimum Gasteiger partial charge on any atom is -0.383 e. The van der Waals surface area contributed by atoms with Gasteiger partial charge in [0, 0.05) is 5.02 Å². The van der Waals surface area contributed by atoms with Crippen LogP contribution in [0, 0.1) is 6.92 Å². The maximum absolute atomic E-state index is 11.1. The number of primary amides is 1. The van der Waals surface area contributed by atoms with Gasteiger partial charge in [0.05, 0.1) is 11.9 Å². The summed E-state index contributed by atoms with van der Waals surface area (Å²) >= 11 is 6.01. The SMILES string of the molecule is Cc1c(Cl)cccc1-n1ncc(C(N)=O)c1N. The zero-order valence-electron chi connectivity index (χ0n) is 9.14. The molecule has 0 bridgehead atoms. The second-order valence-corrected chi connectivity index (χ2v) is 4.01. The number of nitrogen functional groups attached to an aromatic ring is 1. The molecule has 1 amide bonds. The van der Waals surface area contributed by atoms with E-state index in [1.807, 2.05) is 13.0 Å². The Morgan fingerprint density at radius 2 is 2.18 bits per heavy atom. The van der Waals surface area contributed by atoms with Crippen molar-refractivity contribution < 1.29 is 4.79 Å². The number of nitrogens with two attached hydrogens (primary N) is 2. The molecule has 5 nitrogen and oxygen atoms in total. The van der Waals surface area contributed by atoms with E-state index >= 15 is 0 Å². The standard InChI is InChI=1S/C11H11ClN4O/c1-6-8(12)3-2-4-9(6)16-10(13)7(5-15-16)11(14)17/h2-5H,13H2,1H3,(H2,14,17). The van der Waals surface area contributed by atoms with Crippen LogP contribution >= 0.6 is 11.6 Å². The van der Waals surface area contributed by atoms with Gasteiger partial charge in [-0.1, -0.05) is 17.7 Å². The van der Waals surface area contributed by atoms with E-state index in [0.717, 1.165) is 11.3 Å². The highest BCUT2D eigenvalue weighted by molar-refractivity contribution is 6.31. The third-order valence-electron chi connectivity index (χ3n) is 2.54. The van der Waals surface area contributed by atoms with Gasteiger partial charge in [0.2, 0.25) is 0 Å². The molecule has 0 atom stereocenters. The van der Waals surface area contributed by atoms with Gasteiger partial charge >= 0.3 is 0 Å².